The molecule has 2 amide bonds. The Hall–Kier alpha value is -5.82. The highest BCUT2D eigenvalue weighted by atomic mass is 35.5. The van der Waals surface area contributed by atoms with E-state index in [1.807, 2.05) is 0 Å². The molecule has 0 spiro atoms. The third-order valence-corrected chi connectivity index (χ3v) is 14.8. The molecule has 388 valence electrons. The predicted octanol–water partition coefficient (Wildman–Crippen LogP) is 7.12. The van der Waals surface area contributed by atoms with Crippen LogP contribution in [0.3, 0.4) is 0 Å². The standard InChI is InChI=1S/C44H41ClF10N8O7S2/c1-40(2,20-64)58-32(66)18-63(71(67)68)39-34-29(45)9-8-26(36(34)62(60-39)19-42(48,49)50)25-7-6-24(10-11-41(3,4)72(5,69)70)56-35(25)30(14-21-12-22(46)15-23(47)13-21)57-31(65)17-61-38-33(37(59-61)44(53,54)55)27-16-28(27)43(38,51)52/h6-9,12-13,15,27-28,30,64H,14,16-20H2,1-5H3,(H,57,65)(H,58,66)(H,67,68)/t27-,28+,30?/m0/s1. The first-order valence-corrected chi connectivity index (χ1v) is 24.6. The first kappa shape index (κ1) is 54.0. The molecule has 7 rings (SSSR count). The van der Waals surface area contributed by atoms with Crippen molar-refractivity contribution in [2.24, 2.45) is 5.92 Å². The van der Waals surface area contributed by atoms with E-state index in [1.54, 1.807) is 0 Å². The lowest BCUT2D eigenvalue weighted by Crippen LogP contribution is -2.50. The fourth-order valence-electron chi connectivity index (χ4n) is 8.22. The van der Waals surface area contributed by atoms with Gasteiger partial charge in [-0.1, -0.05) is 23.6 Å². The minimum absolute atomic E-state index is 0.198. The van der Waals surface area contributed by atoms with Gasteiger partial charge in [0.1, 0.15) is 47.4 Å². The van der Waals surface area contributed by atoms with Gasteiger partial charge in [0.2, 0.25) is 11.8 Å². The first-order valence-electron chi connectivity index (χ1n) is 21.2. The van der Waals surface area contributed by atoms with E-state index in [0.717, 1.165) is 36.6 Å². The number of aliphatic hydroxyl groups excluding tert-OH is 1. The molecule has 2 aliphatic carbocycles. The molecular formula is C44H41ClF10N8O7S2. The normalized spacial score (nSPS) is 17.4. The number of nitrogens with one attached hydrogen (secondary N) is 2. The molecule has 0 bridgehead atoms. The van der Waals surface area contributed by atoms with Crippen molar-refractivity contribution in [2.45, 2.75) is 94.1 Å². The van der Waals surface area contributed by atoms with Crippen LogP contribution in [0.2, 0.25) is 5.02 Å². The number of alkyl halides is 8. The Labute approximate surface area is 410 Å². The van der Waals surface area contributed by atoms with E-state index >= 15 is 8.78 Å². The first-order chi connectivity index (χ1) is 33.1. The Balaban J connectivity index is 1.46. The third-order valence-electron chi connectivity index (χ3n) is 11.9. The SMILES string of the molecule is CC(C)(CO)NC(=O)CN(c1nn(CC(F)(F)F)c2c(-c3ccc(C#CC(C)(C)S(C)(=O)=O)nc3C(Cc3cc(F)cc(F)c3)NC(=O)Cn3nc(C(F)(F)F)c4c3C(F)(F)[C@@H]3C[C@H]43)ccc(Cl)c12)S(=O)O. The lowest BCUT2D eigenvalue weighted by atomic mass is 9.93. The highest BCUT2D eigenvalue weighted by Crippen LogP contribution is 2.68. The molecule has 0 radical (unpaired) electrons. The number of anilines is 1. The largest absolute Gasteiger partial charge is 0.435 e. The number of benzene rings is 2. The summed E-state index contributed by atoms with van der Waals surface area (Å²) in [6.07, 6.45) is -10.4. The quantitative estimate of drug-likeness (QED) is 0.0475. The van der Waals surface area contributed by atoms with Crippen molar-refractivity contribution in [1.29, 1.82) is 0 Å². The number of pyridine rings is 1. The van der Waals surface area contributed by atoms with Crippen LogP contribution in [0.1, 0.15) is 80.0 Å². The number of hydrogen-bond acceptors (Lipinski definition) is 9. The number of carbonyl (C=O) groups excluding carboxylic acids is 2. The van der Waals surface area contributed by atoms with E-state index in [9.17, 15) is 67.0 Å². The maximum absolute atomic E-state index is 15.6. The molecule has 3 heterocycles. The Morgan fingerprint density at radius 3 is 2.21 bits per heavy atom. The average Bonchev–Trinajstić information content (AvgIpc) is 3.75. The number of halogens is 11. The van der Waals surface area contributed by atoms with Crippen LogP contribution in [0.4, 0.5) is 49.7 Å². The minimum atomic E-state index is -5.22. The lowest BCUT2D eigenvalue weighted by molar-refractivity contribution is -0.143. The molecule has 15 nitrogen and oxygen atoms in total. The summed E-state index contributed by atoms with van der Waals surface area (Å²) < 4.78 is 195. The molecule has 1 fully saturated rings. The van der Waals surface area contributed by atoms with Gasteiger partial charge in [0.05, 0.1) is 39.8 Å². The fraction of sp³-hybridized carbons (Fsp3) is 0.432. The van der Waals surface area contributed by atoms with Gasteiger partial charge in [0, 0.05) is 34.9 Å². The Kier molecular flexibility index (Phi) is 14.2. The molecule has 72 heavy (non-hydrogen) atoms. The van der Waals surface area contributed by atoms with Crippen molar-refractivity contribution in [2.75, 3.05) is 23.7 Å². The van der Waals surface area contributed by atoms with E-state index < -0.39 is 168 Å². The van der Waals surface area contributed by atoms with Crippen LogP contribution in [0, 0.1) is 29.4 Å². The molecule has 0 saturated heterocycles. The summed E-state index contributed by atoms with van der Waals surface area (Å²) in [6, 6.07) is 4.93. The van der Waals surface area contributed by atoms with E-state index in [1.165, 1.54) is 33.8 Å². The maximum atomic E-state index is 15.6. The van der Waals surface area contributed by atoms with Gasteiger partial charge in [-0.05, 0) is 88.3 Å². The molecule has 3 aromatic heterocycles. The molecule has 4 N–H and O–H groups in total. The van der Waals surface area contributed by atoms with Gasteiger partial charge in [-0.25, -0.2) is 30.7 Å². The van der Waals surface area contributed by atoms with Crippen molar-refractivity contribution >= 4 is 61.2 Å². The molecule has 28 heteroatoms. The Morgan fingerprint density at radius 2 is 1.62 bits per heavy atom. The van der Waals surface area contributed by atoms with Gasteiger partial charge in [-0.2, -0.15) is 45.3 Å². The molecular weight excluding hydrogens is 1040 g/mol. The predicted molar refractivity (Wildman–Crippen MR) is 240 cm³/mol. The maximum Gasteiger partial charge on any atom is 0.435 e. The fourth-order valence-corrected chi connectivity index (χ4v) is 9.20. The van der Waals surface area contributed by atoms with Crippen LogP contribution < -0.4 is 14.9 Å². The minimum Gasteiger partial charge on any atom is -0.394 e. The number of rotatable bonds is 15. The summed E-state index contributed by atoms with van der Waals surface area (Å²) in [5.41, 5.74) is -6.95. The topological polar surface area (TPSA) is 202 Å². The Bertz CT molecular complexity index is 3200. The lowest BCUT2D eigenvalue weighted by Gasteiger charge is -2.25. The summed E-state index contributed by atoms with van der Waals surface area (Å²) in [7, 11) is -3.90. The highest BCUT2D eigenvalue weighted by molar-refractivity contribution is 7.92. The average molecular weight is 1080 g/mol. The van der Waals surface area contributed by atoms with E-state index in [-0.39, 0.29) is 33.5 Å². The van der Waals surface area contributed by atoms with Crippen LogP contribution in [-0.4, -0.2) is 94.5 Å². The number of amides is 2. The van der Waals surface area contributed by atoms with Crippen LogP contribution in [0.5, 0.6) is 0 Å². The number of hydrogen-bond donors (Lipinski definition) is 4. The van der Waals surface area contributed by atoms with E-state index in [4.69, 9.17) is 11.6 Å². The van der Waals surface area contributed by atoms with Gasteiger partial charge in [0.15, 0.2) is 21.3 Å². The number of nitrogens with zero attached hydrogens (tertiary/aromatic N) is 6. The zero-order chi connectivity index (χ0) is 53.4. The molecule has 2 aromatic carbocycles. The van der Waals surface area contributed by atoms with Crippen molar-refractivity contribution in [3.05, 3.63) is 93.0 Å². The summed E-state index contributed by atoms with van der Waals surface area (Å²) in [6.45, 7) is 0.398. The second-order valence-corrected chi connectivity index (χ2v) is 22.2. The zero-order valence-corrected chi connectivity index (χ0v) is 40.5. The van der Waals surface area contributed by atoms with E-state index in [2.05, 4.69) is 37.7 Å². The second kappa shape index (κ2) is 18.9. The van der Waals surface area contributed by atoms with Crippen molar-refractivity contribution in [1.82, 2.24) is 35.2 Å². The number of fused-ring (bicyclic) bond motifs is 4. The molecule has 2 unspecified atom stereocenters. The van der Waals surface area contributed by atoms with Crippen LogP contribution in [0.15, 0.2) is 42.5 Å². The number of aliphatic hydroxyl groups is 1. The van der Waals surface area contributed by atoms with Crippen molar-refractivity contribution in [3.63, 3.8) is 0 Å². The monoisotopic (exact) mass is 1080 g/mol. The van der Waals surface area contributed by atoms with Crippen LogP contribution in [0.25, 0.3) is 22.0 Å². The zero-order valence-electron chi connectivity index (χ0n) is 38.1. The van der Waals surface area contributed by atoms with Gasteiger partial charge < -0.3 is 15.7 Å². The van der Waals surface area contributed by atoms with Crippen molar-refractivity contribution in [3.8, 4) is 23.0 Å². The van der Waals surface area contributed by atoms with Gasteiger partial charge >= 0.3 is 12.4 Å². The summed E-state index contributed by atoms with van der Waals surface area (Å²) in [4.78, 5) is 31.8. The molecule has 0 aliphatic heterocycles. The summed E-state index contributed by atoms with van der Waals surface area (Å²) in [5, 5.41) is 21.0. The molecule has 5 aromatic rings. The van der Waals surface area contributed by atoms with Crippen molar-refractivity contribution < 1.29 is 75.8 Å². The summed E-state index contributed by atoms with van der Waals surface area (Å²) >= 11 is 3.41. The molecule has 1 saturated carbocycles. The number of carbonyl (C=O) groups is 2. The van der Waals surface area contributed by atoms with Crippen LogP contribution in [-0.2, 0) is 62.3 Å². The number of aromatic nitrogens is 5. The van der Waals surface area contributed by atoms with Gasteiger partial charge in [-0.15, -0.1) is 0 Å². The summed E-state index contributed by atoms with van der Waals surface area (Å²) in [5.74, 6) is -6.76. The highest BCUT2D eigenvalue weighted by Gasteiger charge is 2.68. The molecule has 4 atom stereocenters. The third kappa shape index (κ3) is 11.1. The van der Waals surface area contributed by atoms with Gasteiger partial charge in [-0.3, -0.25) is 23.5 Å². The molecule has 2 aliphatic rings. The van der Waals surface area contributed by atoms with Crippen LogP contribution >= 0.6 is 11.6 Å². The number of sulfone groups is 1. The Morgan fingerprint density at radius 1 is 0.986 bits per heavy atom. The smallest absolute Gasteiger partial charge is 0.394 e. The second-order valence-electron chi connectivity index (χ2n) is 18.4. The van der Waals surface area contributed by atoms with Gasteiger partial charge in [0.25, 0.3) is 17.2 Å². The van der Waals surface area contributed by atoms with E-state index in [0.29, 0.717) is 15.1 Å².